The molecule has 0 heterocycles. The highest BCUT2D eigenvalue weighted by Gasteiger charge is 2.07. The standard InChI is InChI=1S/C18H12O/c19-17-11-13-10-9-12-5-1-2-6-14(12)18(13)16-8-4-3-7-15(16)17/h1-11,19H. The molecule has 1 N–H and O–H groups in total. The highest BCUT2D eigenvalue weighted by atomic mass is 16.3. The van der Waals surface area contributed by atoms with Crippen LogP contribution in [0.2, 0.25) is 0 Å². The van der Waals surface area contributed by atoms with Crippen molar-refractivity contribution in [2.75, 3.05) is 0 Å². The molecule has 0 aromatic heterocycles. The summed E-state index contributed by atoms with van der Waals surface area (Å²) in [6.07, 6.45) is 0. The van der Waals surface area contributed by atoms with Crippen LogP contribution in [-0.2, 0) is 0 Å². The predicted molar refractivity (Wildman–Crippen MR) is 80.6 cm³/mol. The van der Waals surface area contributed by atoms with Gasteiger partial charge in [0.1, 0.15) is 5.75 Å². The summed E-state index contributed by atoms with van der Waals surface area (Å²) in [5.41, 5.74) is 0. The lowest BCUT2D eigenvalue weighted by Crippen LogP contribution is -1.81. The monoisotopic (exact) mass is 244 g/mol. The highest BCUT2D eigenvalue weighted by Crippen LogP contribution is 2.36. The van der Waals surface area contributed by atoms with Gasteiger partial charge in [-0.15, -0.1) is 0 Å². The zero-order valence-corrected chi connectivity index (χ0v) is 10.3. The Hall–Kier alpha value is -2.54. The quantitative estimate of drug-likeness (QED) is 0.438. The number of hydrogen-bond acceptors (Lipinski definition) is 1. The maximum atomic E-state index is 10.1. The third-order valence-electron chi connectivity index (χ3n) is 3.73. The summed E-state index contributed by atoms with van der Waals surface area (Å²) in [6, 6.07) is 22.4. The number of aromatic hydroxyl groups is 1. The molecule has 90 valence electrons. The summed E-state index contributed by atoms with van der Waals surface area (Å²) in [5.74, 6) is 0.346. The van der Waals surface area contributed by atoms with Crippen molar-refractivity contribution in [1.82, 2.24) is 0 Å². The van der Waals surface area contributed by atoms with E-state index in [9.17, 15) is 5.11 Å². The average Bonchev–Trinajstić information content (AvgIpc) is 2.47. The largest absolute Gasteiger partial charge is 0.507 e. The Labute approximate surface area is 110 Å². The fraction of sp³-hybridized carbons (Fsp3) is 0. The second-order valence-corrected chi connectivity index (χ2v) is 4.83. The molecule has 0 amide bonds. The Morgan fingerprint density at radius 3 is 2.05 bits per heavy atom. The van der Waals surface area contributed by atoms with Crippen molar-refractivity contribution < 1.29 is 5.11 Å². The van der Waals surface area contributed by atoms with E-state index in [1.54, 1.807) is 0 Å². The zero-order valence-electron chi connectivity index (χ0n) is 10.3. The summed E-state index contributed by atoms with van der Waals surface area (Å²) < 4.78 is 0. The molecule has 0 aliphatic carbocycles. The number of rotatable bonds is 0. The van der Waals surface area contributed by atoms with Crippen molar-refractivity contribution in [3.05, 3.63) is 66.7 Å². The molecule has 0 aliphatic rings. The molecule has 0 unspecified atom stereocenters. The smallest absolute Gasteiger partial charge is 0.124 e. The summed E-state index contributed by atoms with van der Waals surface area (Å²) in [5, 5.41) is 16.9. The molecule has 1 nitrogen and oxygen atoms in total. The van der Waals surface area contributed by atoms with Crippen LogP contribution in [-0.4, -0.2) is 5.11 Å². The second-order valence-electron chi connectivity index (χ2n) is 4.83. The van der Waals surface area contributed by atoms with E-state index >= 15 is 0 Å². The Kier molecular flexibility index (Phi) is 2.04. The van der Waals surface area contributed by atoms with Crippen LogP contribution in [0.3, 0.4) is 0 Å². The van der Waals surface area contributed by atoms with Crippen molar-refractivity contribution in [3.8, 4) is 5.75 Å². The number of phenolic OH excluding ortho intramolecular Hbond substituents is 1. The molecule has 0 aliphatic heterocycles. The fourth-order valence-electron chi connectivity index (χ4n) is 2.86. The van der Waals surface area contributed by atoms with Crippen molar-refractivity contribution in [2.45, 2.75) is 0 Å². The lowest BCUT2D eigenvalue weighted by Gasteiger charge is -2.09. The molecule has 1 heteroatoms. The Bertz CT molecular complexity index is 922. The number of hydrogen-bond donors (Lipinski definition) is 1. The van der Waals surface area contributed by atoms with E-state index in [2.05, 4.69) is 42.5 Å². The minimum atomic E-state index is 0.346. The van der Waals surface area contributed by atoms with Gasteiger partial charge in [-0.1, -0.05) is 60.7 Å². The molecule has 0 radical (unpaired) electrons. The van der Waals surface area contributed by atoms with Crippen LogP contribution in [0.4, 0.5) is 0 Å². The van der Waals surface area contributed by atoms with E-state index in [1.807, 2.05) is 24.3 Å². The van der Waals surface area contributed by atoms with Gasteiger partial charge in [0.25, 0.3) is 0 Å². The van der Waals surface area contributed by atoms with Gasteiger partial charge in [-0.05, 0) is 33.0 Å². The van der Waals surface area contributed by atoms with Crippen LogP contribution in [0.1, 0.15) is 0 Å². The van der Waals surface area contributed by atoms with Crippen molar-refractivity contribution in [2.24, 2.45) is 0 Å². The topological polar surface area (TPSA) is 20.2 Å². The zero-order chi connectivity index (χ0) is 12.8. The summed E-state index contributed by atoms with van der Waals surface area (Å²) in [4.78, 5) is 0. The van der Waals surface area contributed by atoms with Crippen LogP contribution in [0.15, 0.2) is 66.7 Å². The Morgan fingerprint density at radius 2 is 1.21 bits per heavy atom. The van der Waals surface area contributed by atoms with Gasteiger partial charge in [0.15, 0.2) is 0 Å². The van der Waals surface area contributed by atoms with E-state index in [-0.39, 0.29) is 0 Å². The average molecular weight is 244 g/mol. The minimum absolute atomic E-state index is 0.346. The van der Waals surface area contributed by atoms with E-state index in [1.165, 1.54) is 16.2 Å². The van der Waals surface area contributed by atoms with Gasteiger partial charge in [-0.2, -0.15) is 0 Å². The van der Waals surface area contributed by atoms with Gasteiger partial charge in [-0.25, -0.2) is 0 Å². The first-order chi connectivity index (χ1) is 9.34. The van der Waals surface area contributed by atoms with Gasteiger partial charge in [0.05, 0.1) is 0 Å². The summed E-state index contributed by atoms with van der Waals surface area (Å²) in [7, 11) is 0. The van der Waals surface area contributed by atoms with Crippen molar-refractivity contribution in [3.63, 3.8) is 0 Å². The number of phenols is 1. The molecule has 0 saturated heterocycles. The molecule has 0 saturated carbocycles. The van der Waals surface area contributed by atoms with Crippen molar-refractivity contribution in [1.29, 1.82) is 0 Å². The lowest BCUT2D eigenvalue weighted by atomic mass is 9.96. The second kappa shape index (κ2) is 3.72. The van der Waals surface area contributed by atoms with E-state index in [0.717, 1.165) is 16.2 Å². The first-order valence-electron chi connectivity index (χ1n) is 6.37. The summed E-state index contributed by atoms with van der Waals surface area (Å²) in [6.45, 7) is 0. The summed E-state index contributed by atoms with van der Waals surface area (Å²) >= 11 is 0. The molecule has 4 rings (SSSR count). The van der Waals surface area contributed by atoms with Gasteiger partial charge in [0, 0.05) is 5.39 Å². The Morgan fingerprint density at radius 1 is 0.579 bits per heavy atom. The molecule has 0 bridgehead atoms. The molecular weight excluding hydrogens is 232 g/mol. The van der Waals surface area contributed by atoms with Crippen LogP contribution < -0.4 is 0 Å². The number of benzene rings is 4. The van der Waals surface area contributed by atoms with E-state index < -0.39 is 0 Å². The first kappa shape index (κ1) is 10.4. The molecule has 19 heavy (non-hydrogen) atoms. The lowest BCUT2D eigenvalue weighted by molar-refractivity contribution is 0.482. The maximum absolute atomic E-state index is 10.1. The van der Waals surface area contributed by atoms with Crippen LogP contribution in [0, 0.1) is 0 Å². The third-order valence-corrected chi connectivity index (χ3v) is 3.73. The predicted octanol–water partition coefficient (Wildman–Crippen LogP) is 4.85. The van der Waals surface area contributed by atoms with Gasteiger partial charge < -0.3 is 5.11 Å². The fourth-order valence-corrected chi connectivity index (χ4v) is 2.86. The van der Waals surface area contributed by atoms with Crippen LogP contribution >= 0.6 is 0 Å². The number of fused-ring (bicyclic) bond motifs is 5. The highest BCUT2D eigenvalue weighted by molar-refractivity contribution is 6.21. The van der Waals surface area contributed by atoms with Crippen LogP contribution in [0.5, 0.6) is 5.75 Å². The molecule has 4 aromatic rings. The van der Waals surface area contributed by atoms with E-state index in [0.29, 0.717) is 5.75 Å². The first-order valence-corrected chi connectivity index (χ1v) is 6.37. The minimum Gasteiger partial charge on any atom is -0.507 e. The van der Waals surface area contributed by atoms with E-state index in [4.69, 9.17) is 0 Å². The molecule has 0 spiro atoms. The van der Waals surface area contributed by atoms with Gasteiger partial charge in [-0.3, -0.25) is 0 Å². The maximum Gasteiger partial charge on any atom is 0.124 e. The van der Waals surface area contributed by atoms with Crippen molar-refractivity contribution >= 4 is 32.3 Å². The third kappa shape index (κ3) is 1.42. The normalized spacial score (nSPS) is 11.4. The molecule has 0 fully saturated rings. The Balaban J connectivity index is 2.39. The molecular formula is C18H12O. The van der Waals surface area contributed by atoms with Gasteiger partial charge in [0.2, 0.25) is 0 Å². The molecule has 4 aromatic carbocycles. The SMILES string of the molecule is Oc1cc2ccc3ccccc3c2c2ccccc12. The molecule has 0 atom stereocenters. The van der Waals surface area contributed by atoms with Crippen LogP contribution in [0.25, 0.3) is 32.3 Å². The van der Waals surface area contributed by atoms with Gasteiger partial charge >= 0.3 is 0 Å².